The molecule has 0 saturated heterocycles. The number of nitrogens with one attached hydrogen (secondary N) is 1. The van der Waals surface area contributed by atoms with Crippen molar-refractivity contribution in [2.45, 2.75) is 59.4 Å². The molecule has 2 heterocycles. The van der Waals surface area contributed by atoms with Gasteiger partial charge in [-0.05, 0) is 12.3 Å². The van der Waals surface area contributed by atoms with Crippen LogP contribution in [0.15, 0.2) is 14.1 Å². The first kappa shape index (κ1) is 24.3. The first-order chi connectivity index (χ1) is 14.6. The van der Waals surface area contributed by atoms with Gasteiger partial charge in [0.1, 0.15) is 5.82 Å². The summed E-state index contributed by atoms with van der Waals surface area (Å²) >= 11 is 0. The summed E-state index contributed by atoms with van der Waals surface area (Å²) in [5.41, 5.74) is 4.83. The van der Waals surface area contributed by atoms with Gasteiger partial charge in [-0.2, -0.15) is 4.98 Å². The number of rotatable bonds is 11. The van der Waals surface area contributed by atoms with E-state index in [1.54, 1.807) is 0 Å². The number of carbonyl (C=O) groups excluding carboxylic acids is 1. The highest BCUT2D eigenvalue weighted by Crippen LogP contribution is 2.19. The topological polar surface area (TPSA) is 149 Å². The Morgan fingerprint density at radius 1 is 1.29 bits per heavy atom. The standard InChI is InChI=1S/C20H32N6O5/c1-12(2)11-26-17(21)16(19(28)23-20(26)29)25(9-10-30-5)15(27)8-6-7-14-22-18(13(3)4)24-31-14/h12-13H,6-11,21H2,1-5H3,(H,23,28,29). The van der Waals surface area contributed by atoms with Crippen molar-refractivity contribution in [3.8, 4) is 0 Å². The lowest BCUT2D eigenvalue weighted by Gasteiger charge is -2.24. The number of H-pyrrole nitrogens is 1. The maximum Gasteiger partial charge on any atom is 0.330 e. The second kappa shape index (κ2) is 10.9. The van der Waals surface area contributed by atoms with Gasteiger partial charge in [-0.1, -0.05) is 32.9 Å². The van der Waals surface area contributed by atoms with Crippen LogP contribution in [0.5, 0.6) is 0 Å². The molecular formula is C20H32N6O5. The normalized spacial score (nSPS) is 11.5. The number of hydrogen-bond donors (Lipinski definition) is 2. The van der Waals surface area contributed by atoms with Gasteiger partial charge in [-0.15, -0.1) is 0 Å². The summed E-state index contributed by atoms with van der Waals surface area (Å²) in [5.74, 6) is 1.00. The highest BCUT2D eigenvalue weighted by molar-refractivity contribution is 5.95. The van der Waals surface area contributed by atoms with Gasteiger partial charge in [-0.3, -0.25) is 19.1 Å². The highest BCUT2D eigenvalue weighted by Gasteiger charge is 2.24. The third-order valence-corrected chi connectivity index (χ3v) is 4.63. The molecule has 2 rings (SSSR count). The number of nitrogens with zero attached hydrogens (tertiary/aromatic N) is 4. The number of amides is 1. The Balaban J connectivity index is 2.23. The van der Waals surface area contributed by atoms with Crippen molar-refractivity contribution in [1.82, 2.24) is 19.7 Å². The zero-order valence-corrected chi connectivity index (χ0v) is 18.8. The smallest absolute Gasteiger partial charge is 0.330 e. The molecule has 0 bridgehead atoms. The summed E-state index contributed by atoms with van der Waals surface area (Å²) < 4.78 is 11.6. The first-order valence-corrected chi connectivity index (χ1v) is 10.4. The maximum absolute atomic E-state index is 13.0. The van der Waals surface area contributed by atoms with E-state index in [4.69, 9.17) is 15.0 Å². The molecule has 0 aromatic carbocycles. The molecule has 3 N–H and O–H groups in total. The van der Waals surface area contributed by atoms with Crippen LogP contribution in [0.3, 0.4) is 0 Å². The molecule has 0 aliphatic carbocycles. The summed E-state index contributed by atoms with van der Waals surface area (Å²) in [7, 11) is 1.50. The minimum absolute atomic E-state index is 0.0367. The van der Waals surface area contributed by atoms with E-state index in [0.29, 0.717) is 31.1 Å². The van der Waals surface area contributed by atoms with E-state index in [1.165, 1.54) is 16.6 Å². The first-order valence-electron chi connectivity index (χ1n) is 10.4. The van der Waals surface area contributed by atoms with E-state index in [0.717, 1.165) is 0 Å². The SMILES string of the molecule is COCCN(C(=O)CCCc1nc(C(C)C)no1)c1c(N)n(CC(C)C)c(=O)[nH]c1=O. The second-order valence-electron chi connectivity index (χ2n) is 8.09. The van der Waals surface area contributed by atoms with Crippen LogP contribution in [0.2, 0.25) is 0 Å². The van der Waals surface area contributed by atoms with Crippen LogP contribution in [0.1, 0.15) is 58.2 Å². The van der Waals surface area contributed by atoms with Crippen molar-refractivity contribution < 1.29 is 14.1 Å². The molecular weight excluding hydrogens is 404 g/mol. The van der Waals surface area contributed by atoms with E-state index in [1.807, 2.05) is 27.7 Å². The Labute approximate surface area is 180 Å². The molecule has 31 heavy (non-hydrogen) atoms. The quantitative estimate of drug-likeness (QED) is 0.535. The zero-order valence-electron chi connectivity index (χ0n) is 18.8. The van der Waals surface area contributed by atoms with Crippen molar-refractivity contribution >= 4 is 17.4 Å². The summed E-state index contributed by atoms with van der Waals surface area (Å²) in [6.07, 6.45) is 1.01. The fraction of sp³-hybridized carbons (Fsp3) is 0.650. The van der Waals surface area contributed by atoms with E-state index in [-0.39, 0.29) is 48.8 Å². The zero-order chi connectivity index (χ0) is 23.1. The average molecular weight is 437 g/mol. The Kier molecular flexibility index (Phi) is 8.55. The molecule has 0 radical (unpaired) electrons. The minimum atomic E-state index is -0.703. The fourth-order valence-corrected chi connectivity index (χ4v) is 3.06. The minimum Gasteiger partial charge on any atom is -0.383 e. The molecule has 0 unspecified atom stereocenters. The number of nitrogen functional groups attached to an aromatic ring is 1. The number of nitrogens with two attached hydrogens (primary N) is 1. The lowest BCUT2D eigenvalue weighted by Crippen LogP contribution is -2.42. The summed E-state index contributed by atoms with van der Waals surface area (Å²) in [4.78, 5) is 45.6. The van der Waals surface area contributed by atoms with Crippen LogP contribution in [0.4, 0.5) is 11.5 Å². The van der Waals surface area contributed by atoms with Gasteiger partial charge in [0.2, 0.25) is 11.8 Å². The lowest BCUT2D eigenvalue weighted by molar-refractivity contribution is -0.118. The van der Waals surface area contributed by atoms with Crippen LogP contribution in [-0.4, -0.2) is 45.9 Å². The fourth-order valence-electron chi connectivity index (χ4n) is 3.06. The van der Waals surface area contributed by atoms with Crippen molar-refractivity contribution in [2.24, 2.45) is 5.92 Å². The van der Waals surface area contributed by atoms with E-state index < -0.39 is 11.2 Å². The van der Waals surface area contributed by atoms with Gasteiger partial charge >= 0.3 is 5.69 Å². The van der Waals surface area contributed by atoms with Crippen LogP contribution in [0.25, 0.3) is 0 Å². The summed E-state index contributed by atoms with van der Waals surface area (Å²) in [6.45, 7) is 8.42. The second-order valence-corrected chi connectivity index (χ2v) is 8.09. The Bertz CT molecular complexity index is 991. The maximum atomic E-state index is 13.0. The molecule has 0 spiro atoms. The molecule has 1 amide bonds. The van der Waals surface area contributed by atoms with Crippen LogP contribution < -0.4 is 21.9 Å². The number of ether oxygens (including phenoxy) is 1. The molecule has 0 fully saturated rings. The summed E-state index contributed by atoms with van der Waals surface area (Å²) in [6, 6.07) is 0. The number of aryl methyl sites for hydroxylation is 1. The van der Waals surface area contributed by atoms with Gasteiger partial charge in [-0.25, -0.2) is 4.79 Å². The third-order valence-electron chi connectivity index (χ3n) is 4.63. The highest BCUT2D eigenvalue weighted by atomic mass is 16.5. The monoisotopic (exact) mass is 436 g/mol. The van der Waals surface area contributed by atoms with Gasteiger partial charge in [0.05, 0.1) is 6.61 Å². The number of aromatic amines is 1. The summed E-state index contributed by atoms with van der Waals surface area (Å²) in [5, 5.41) is 3.91. The van der Waals surface area contributed by atoms with E-state index in [2.05, 4.69) is 15.1 Å². The van der Waals surface area contributed by atoms with Crippen molar-refractivity contribution in [1.29, 1.82) is 0 Å². The van der Waals surface area contributed by atoms with Crippen LogP contribution >= 0.6 is 0 Å². The Hall–Kier alpha value is -2.95. The molecule has 0 atom stereocenters. The van der Waals surface area contributed by atoms with Gasteiger partial charge in [0.15, 0.2) is 11.5 Å². The lowest BCUT2D eigenvalue weighted by atomic mass is 10.2. The molecule has 172 valence electrons. The molecule has 11 nitrogen and oxygen atoms in total. The number of hydrogen-bond acceptors (Lipinski definition) is 8. The third kappa shape index (κ3) is 6.27. The van der Waals surface area contributed by atoms with Crippen LogP contribution in [0, 0.1) is 5.92 Å². The molecule has 0 saturated carbocycles. The molecule has 11 heteroatoms. The molecule has 0 aliphatic heterocycles. The van der Waals surface area contributed by atoms with Crippen molar-refractivity contribution in [2.75, 3.05) is 30.9 Å². The Morgan fingerprint density at radius 2 is 2.00 bits per heavy atom. The number of methoxy groups -OCH3 is 1. The number of anilines is 2. The van der Waals surface area contributed by atoms with Gasteiger partial charge in [0, 0.05) is 39.0 Å². The Morgan fingerprint density at radius 3 is 2.58 bits per heavy atom. The van der Waals surface area contributed by atoms with Crippen molar-refractivity contribution in [3.05, 3.63) is 32.6 Å². The van der Waals surface area contributed by atoms with Crippen molar-refractivity contribution in [3.63, 3.8) is 0 Å². The average Bonchev–Trinajstić information content (AvgIpc) is 3.16. The van der Waals surface area contributed by atoms with Gasteiger partial charge < -0.3 is 19.9 Å². The largest absolute Gasteiger partial charge is 0.383 e. The predicted molar refractivity (Wildman–Crippen MR) is 116 cm³/mol. The van der Waals surface area contributed by atoms with E-state index in [9.17, 15) is 14.4 Å². The number of carbonyl (C=O) groups is 1. The van der Waals surface area contributed by atoms with Gasteiger partial charge in [0.25, 0.3) is 5.56 Å². The molecule has 2 aromatic heterocycles. The predicted octanol–water partition coefficient (Wildman–Crippen LogP) is 1.28. The van der Waals surface area contributed by atoms with Crippen LogP contribution in [-0.2, 0) is 22.5 Å². The number of aromatic nitrogens is 4. The molecule has 2 aromatic rings. The van der Waals surface area contributed by atoms with E-state index >= 15 is 0 Å². The molecule has 0 aliphatic rings.